The van der Waals surface area contributed by atoms with Crippen molar-refractivity contribution in [2.45, 2.75) is 25.4 Å². The predicted octanol–water partition coefficient (Wildman–Crippen LogP) is 2.25. The summed E-state index contributed by atoms with van der Waals surface area (Å²) in [7, 11) is 0. The lowest BCUT2D eigenvalue weighted by atomic mass is 9.78. The maximum absolute atomic E-state index is 11.4. The summed E-state index contributed by atoms with van der Waals surface area (Å²) in [4.78, 5) is 11.4. The Kier molecular flexibility index (Phi) is 1.96. The maximum Gasteiger partial charge on any atom is 0.306 e. The van der Waals surface area contributed by atoms with Crippen LogP contribution in [-0.4, -0.2) is 12.6 Å². The Morgan fingerprint density at radius 3 is 2.94 bits per heavy atom. The van der Waals surface area contributed by atoms with Gasteiger partial charge in [0.15, 0.2) is 0 Å². The first-order valence-corrected chi connectivity index (χ1v) is 5.66. The van der Waals surface area contributed by atoms with Gasteiger partial charge in [0.1, 0.15) is 11.4 Å². The van der Waals surface area contributed by atoms with E-state index in [1.165, 1.54) is 0 Å². The second kappa shape index (κ2) is 3.24. The van der Waals surface area contributed by atoms with Crippen LogP contribution in [0.2, 0.25) is 0 Å². The molecule has 2 atom stereocenters. The van der Waals surface area contributed by atoms with Gasteiger partial charge in [0.25, 0.3) is 0 Å². The van der Waals surface area contributed by atoms with Crippen molar-refractivity contribution >= 4 is 5.97 Å². The molecule has 1 saturated heterocycles. The van der Waals surface area contributed by atoms with Gasteiger partial charge in [-0.3, -0.25) is 4.79 Å². The molecule has 84 valence electrons. The quantitative estimate of drug-likeness (QED) is 0.626. The van der Waals surface area contributed by atoms with Crippen molar-refractivity contribution in [3.05, 3.63) is 29.8 Å². The third-order valence-electron chi connectivity index (χ3n) is 3.62. The van der Waals surface area contributed by atoms with Crippen molar-refractivity contribution < 1.29 is 14.3 Å². The molecule has 1 aromatic rings. The van der Waals surface area contributed by atoms with Crippen LogP contribution in [-0.2, 0) is 15.1 Å². The largest absolute Gasteiger partial charge is 0.493 e. The summed E-state index contributed by atoms with van der Waals surface area (Å²) in [6.45, 7) is 2.69. The zero-order valence-electron chi connectivity index (χ0n) is 9.23. The summed E-state index contributed by atoms with van der Waals surface area (Å²) in [5.74, 6) is 0.979. The molecule has 0 aromatic heterocycles. The van der Waals surface area contributed by atoms with E-state index in [4.69, 9.17) is 9.47 Å². The number of benzene rings is 1. The van der Waals surface area contributed by atoms with E-state index >= 15 is 0 Å². The Bertz CT molecular complexity index is 441. The summed E-state index contributed by atoms with van der Waals surface area (Å²) in [6, 6.07) is 7.85. The highest BCUT2D eigenvalue weighted by Gasteiger charge is 2.50. The molecule has 0 bridgehead atoms. The summed E-state index contributed by atoms with van der Waals surface area (Å²) in [5.41, 5.74) is 0.589. The van der Waals surface area contributed by atoms with Crippen LogP contribution in [0, 0.1) is 5.92 Å². The SMILES string of the molecule is CC1COc2ccccc2C12CCC(=O)O2. The number of rotatable bonds is 0. The van der Waals surface area contributed by atoms with Crippen molar-refractivity contribution in [3.8, 4) is 5.75 Å². The lowest BCUT2D eigenvalue weighted by molar-refractivity contribution is -0.156. The first-order chi connectivity index (χ1) is 7.72. The molecule has 3 heteroatoms. The zero-order chi connectivity index (χ0) is 11.2. The minimum Gasteiger partial charge on any atom is -0.493 e. The lowest BCUT2D eigenvalue weighted by Crippen LogP contribution is -2.40. The molecule has 1 aromatic carbocycles. The van der Waals surface area contributed by atoms with Gasteiger partial charge in [0.2, 0.25) is 0 Å². The van der Waals surface area contributed by atoms with Gasteiger partial charge in [-0.05, 0) is 6.07 Å². The summed E-state index contributed by atoms with van der Waals surface area (Å²) < 4.78 is 11.3. The minimum atomic E-state index is -0.439. The van der Waals surface area contributed by atoms with Gasteiger partial charge in [-0.15, -0.1) is 0 Å². The minimum absolute atomic E-state index is 0.0939. The van der Waals surface area contributed by atoms with Gasteiger partial charge in [-0.2, -0.15) is 0 Å². The molecule has 3 rings (SSSR count). The zero-order valence-corrected chi connectivity index (χ0v) is 9.23. The third kappa shape index (κ3) is 1.17. The molecular weight excluding hydrogens is 204 g/mol. The van der Waals surface area contributed by atoms with Gasteiger partial charge in [0, 0.05) is 24.3 Å². The number of carbonyl (C=O) groups excluding carboxylic acids is 1. The number of hydrogen-bond donors (Lipinski definition) is 0. The molecule has 16 heavy (non-hydrogen) atoms. The van der Waals surface area contributed by atoms with Gasteiger partial charge >= 0.3 is 5.97 Å². The van der Waals surface area contributed by atoms with Crippen LogP contribution in [0.4, 0.5) is 0 Å². The van der Waals surface area contributed by atoms with Crippen molar-refractivity contribution in [2.75, 3.05) is 6.61 Å². The molecule has 2 aliphatic rings. The van der Waals surface area contributed by atoms with Gasteiger partial charge in [0.05, 0.1) is 6.61 Å². The standard InChI is InChI=1S/C13H14O3/c1-9-8-15-11-5-3-2-4-10(11)13(9)7-6-12(14)16-13/h2-5,9H,6-8H2,1H3. The van der Waals surface area contributed by atoms with Gasteiger partial charge in [-0.1, -0.05) is 25.1 Å². The van der Waals surface area contributed by atoms with Crippen LogP contribution < -0.4 is 4.74 Å². The Hall–Kier alpha value is -1.51. The molecule has 2 aliphatic heterocycles. The highest BCUT2D eigenvalue weighted by Crippen LogP contribution is 2.49. The summed E-state index contributed by atoms with van der Waals surface area (Å²) >= 11 is 0. The van der Waals surface area contributed by atoms with Crippen LogP contribution >= 0.6 is 0 Å². The van der Waals surface area contributed by atoms with Crippen LogP contribution in [0.1, 0.15) is 25.3 Å². The van der Waals surface area contributed by atoms with Crippen molar-refractivity contribution in [1.29, 1.82) is 0 Å². The fourth-order valence-electron chi connectivity index (χ4n) is 2.69. The molecule has 0 aliphatic carbocycles. The van der Waals surface area contributed by atoms with Gasteiger partial charge in [-0.25, -0.2) is 0 Å². The van der Waals surface area contributed by atoms with E-state index in [0.717, 1.165) is 17.7 Å². The number of para-hydroxylation sites is 1. The highest BCUT2D eigenvalue weighted by atomic mass is 16.6. The Labute approximate surface area is 94.4 Å². The fraction of sp³-hybridized carbons (Fsp3) is 0.462. The second-order valence-electron chi connectivity index (χ2n) is 4.57. The fourth-order valence-corrected chi connectivity index (χ4v) is 2.69. The van der Waals surface area contributed by atoms with E-state index in [1.807, 2.05) is 24.3 Å². The number of carbonyl (C=O) groups is 1. The normalized spacial score (nSPS) is 32.1. The predicted molar refractivity (Wildman–Crippen MR) is 58.1 cm³/mol. The Balaban J connectivity index is 2.13. The van der Waals surface area contributed by atoms with Crippen molar-refractivity contribution in [2.24, 2.45) is 5.92 Å². The van der Waals surface area contributed by atoms with Crippen LogP contribution in [0.5, 0.6) is 5.75 Å². The highest BCUT2D eigenvalue weighted by molar-refractivity contribution is 5.73. The van der Waals surface area contributed by atoms with E-state index in [1.54, 1.807) is 0 Å². The maximum atomic E-state index is 11.4. The third-order valence-corrected chi connectivity index (χ3v) is 3.62. The van der Waals surface area contributed by atoms with E-state index < -0.39 is 5.60 Å². The molecule has 0 radical (unpaired) electrons. The molecule has 1 fully saturated rings. The molecule has 3 nitrogen and oxygen atoms in total. The van der Waals surface area contributed by atoms with E-state index in [9.17, 15) is 4.79 Å². The molecule has 2 heterocycles. The monoisotopic (exact) mass is 218 g/mol. The first kappa shape index (κ1) is 9.70. The van der Waals surface area contributed by atoms with Crippen molar-refractivity contribution in [1.82, 2.24) is 0 Å². The second-order valence-corrected chi connectivity index (χ2v) is 4.57. The molecule has 2 unspecified atom stereocenters. The number of esters is 1. The molecule has 0 saturated carbocycles. The van der Waals surface area contributed by atoms with Crippen LogP contribution in [0.3, 0.4) is 0 Å². The number of hydrogen-bond acceptors (Lipinski definition) is 3. The summed E-state index contributed by atoms with van der Waals surface area (Å²) in [6.07, 6.45) is 1.28. The van der Waals surface area contributed by atoms with Gasteiger partial charge < -0.3 is 9.47 Å². The van der Waals surface area contributed by atoms with Crippen LogP contribution in [0.15, 0.2) is 24.3 Å². The Morgan fingerprint density at radius 2 is 2.19 bits per heavy atom. The number of fused-ring (bicyclic) bond motifs is 2. The average Bonchev–Trinajstić information content (AvgIpc) is 2.68. The molecule has 1 spiro atoms. The summed E-state index contributed by atoms with van der Waals surface area (Å²) in [5, 5.41) is 0. The van der Waals surface area contributed by atoms with E-state index in [0.29, 0.717) is 13.0 Å². The average molecular weight is 218 g/mol. The van der Waals surface area contributed by atoms with Crippen LogP contribution in [0.25, 0.3) is 0 Å². The topological polar surface area (TPSA) is 35.5 Å². The molecular formula is C13H14O3. The van der Waals surface area contributed by atoms with E-state index in [-0.39, 0.29) is 11.9 Å². The Morgan fingerprint density at radius 1 is 1.38 bits per heavy atom. The smallest absolute Gasteiger partial charge is 0.306 e. The van der Waals surface area contributed by atoms with Crippen molar-refractivity contribution in [3.63, 3.8) is 0 Å². The first-order valence-electron chi connectivity index (χ1n) is 5.66. The lowest BCUT2D eigenvalue weighted by Gasteiger charge is -2.39. The number of ether oxygens (including phenoxy) is 2. The molecule has 0 N–H and O–H groups in total. The van der Waals surface area contributed by atoms with E-state index in [2.05, 4.69) is 6.92 Å². The molecule has 0 amide bonds.